The average molecular weight is 247 g/mol. The van der Waals surface area contributed by atoms with Crippen LogP contribution in [0.2, 0.25) is 0 Å². The fourth-order valence-corrected chi connectivity index (χ4v) is 1.30. The second-order valence-corrected chi connectivity index (χ2v) is 4.02. The van der Waals surface area contributed by atoms with Crippen molar-refractivity contribution in [3.05, 3.63) is 23.8 Å². The lowest BCUT2D eigenvalue weighted by Crippen LogP contribution is -2.18. The molecule has 0 aromatic heterocycles. The average Bonchev–Trinajstić information content (AvgIpc) is 2.36. The van der Waals surface area contributed by atoms with Crippen molar-refractivity contribution in [3.8, 4) is 17.6 Å². The van der Waals surface area contributed by atoms with E-state index in [1.165, 1.54) is 0 Å². The van der Waals surface area contributed by atoms with Gasteiger partial charge < -0.3 is 15.2 Å². The SMILES string of the molecule is COc1ccc(C#CCO)cc1NC(=O)C(C)C. The monoisotopic (exact) mass is 247 g/mol. The zero-order valence-corrected chi connectivity index (χ0v) is 10.8. The van der Waals surface area contributed by atoms with Crippen LogP contribution in [0.4, 0.5) is 5.69 Å². The van der Waals surface area contributed by atoms with Gasteiger partial charge in [-0.05, 0) is 18.2 Å². The van der Waals surface area contributed by atoms with Crippen LogP contribution in [0.3, 0.4) is 0 Å². The first-order valence-electron chi connectivity index (χ1n) is 5.67. The summed E-state index contributed by atoms with van der Waals surface area (Å²) in [6.07, 6.45) is 0. The number of benzene rings is 1. The van der Waals surface area contributed by atoms with Gasteiger partial charge in [0.15, 0.2) is 0 Å². The van der Waals surface area contributed by atoms with Gasteiger partial charge in [0.05, 0.1) is 12.8 Å². The minimum atomic E-state index is -0.195. The van der Waals surface area contributed by atoms with Crippen molar-refractivity contribution < 1.29 is 14.6 Å². The van der Waals surface area contributed by atoms with Gasteiger partial charge >= 0.3 is 0 Å². The predicted octanol–water partition coefficient (Wildman–Crippen LogP) is 1.63. The molecule has 0 fully saturated rings. The van der Waals surface area contributed by atoms with Crippen molar-refractivity contribution in [2.45, 2.75) is 13.8 Å². The van der Waals surface area contributed by atoms with E-state index in [1.807, 2.05) is 13.8 Å². The smallest absolute Gasteiger partial charge is 0.227 e. The Labute approximate surface area is 107 Å². The van der Waals surface area contributed by atoms with Crippen LogP contribution in [0.15, 0.2) is 18.2 Å². The normalized spacial score (nSPS) is 9.61. The van der Waals surface area contributed by atoms with Gasteiger partial charge in [0.25, 0.3) is 0 Å². The van der Waals surface area contributed by atoms with E-state index in [-0.39, 0.29) is 18.4 Å². The Morgan fingerprint density at radius 3 is 2.78 bits per heavy atom. The minimum Gasteiger partial charge on any atom is -0.495 e. The third-order valence-electron chi connectivity index (χ3n) is 2.29. The van der Waals surface area contributed by atoms with Crippen LogP contribution in [-0.2, 0) is 4.79 Å². The van der Waals surface area contributed by atoms with Gasteiger partial charge in [-0.2, -0.15) is 0 Å². The van der Waals surface area contributed by atoms with Crippen molar-refractivity contribution in [2.24, 2.45) is 5.92 Å². The Kier molecular flexibility index (Phi) is 5.22. The van der Waals surface area contributed by atoms with Gasteiger partial charge in [-0.1, -0.05) is 25.7 Å². The number of anilines is 1. The molecule has 0 bridgehead atoms. The third-order valence-corrected chi connectivity index (χ3v) is 2.29. The van der Waals surface area contributed by atoms with Crippen LogP contribution < -0.4 is 10.1 Å². The maximum atomic E-state index is 11.7. The quantitative estimate of drug-likeness (QED) is 0.798. The molecule has 2 N–H and O–H groups in total. The summed E-state index contributed by atoms with van der Waals surface area (Å²) >= 11 is 0. The molecule has 4 nitrogen and oxygen atoms in total. The molecule has 96 valence electrons. The van der Waals surface area contributed by atoms with E-state index < -0.39 is 0 Å². The molecule has 0 aliphatic rings. The number of aliphatic hydroxyl groups is 1. The van der Waals surface area contributed by atoms with Crippen molar-refractivity contribution in [2.75, 3.05) is 19.0 Å². The summed E-state index contributed by atoms with van der Waals surface area (Å²) in [5.41, 5.74) is 1.30. The molecule has 0 aliphatic heterocycles. The number of amides is 1. The first-order valence-corrected chi connectivity index (χ1v) is 5.67. The van der Waals surface area contributed by atoms with Crippen molar-refractivity contribution in [3.63, 3.8) is 0 Å². The number of hydrogen-bond donors (Lipinski definition) is 2. The fraction of sp³-hybridized carbons (Fsp3) is 0.357. The standard InChI is InChI=1S/C14H17NO3/c1-10(2)14(17)15-12-9-11(5-4-8-16)6-7-13(12)18-3/h6-7,9-10,16H,8H2,1-3H3,(H,15,17). The lowest BCUT2D eigenvalue weighted by molar-refractivity contribution is -0.118. The summed E-state index contributed by atoms with van der Waals surface area (Å²) in [6.45, 7) is 3.44. The fourth-order valence-electron chi connectivity index (χ4n) is 1.30. The number of rotatable bonds is 3. The number of carbonyl (C=O) groups excluding carboxylic acids is 1. The summed E-state index contributed by atoms with van der Waals surface area (Å²) in [5.74, 6) is 5.73. The summed E-state index contributed by atoms with van der Waals surface area (Å²) in [5, 5.41) is 11.4. The lowest BCUT2D eigenvalue weighted by Gasteiger charge is -2.12. The van der Waals surface area contributed by atoms with Crippen LogP contribution in [-0.4, -0.2) is 24.7 Å². The minimum absolute atomic E-state index is 0.0828. The molecule has 0 unspecified atom stereocenters. The Hall–Kier alpha value is -1.99. The lowest BCUT2D eigenvalue weighted by atomic mass is 10.1. The van der Waals surface area contributed by atoms with E-state index >= 15 is 0 Å². The van der Waals surface area contributed by atoms with E-state index in [1.54, 1.807) is 25.3 Å². The number of methoxy groups -OCH3 is 1. The van der Waals surface area contributed by atoms with Crippen molar-refractivity contribution in [1.82, 2.24) is 0 Å². The maximum absolute atomic E-state index is 11.7. The van der Waals surface area contributed by atoms with E-state index in [4.69, 9.17) is 9.84 Å². The maximum Gasteiger partial charge on any atom is 0.227 e. The van der Waals surface area contributed by atoms with Crippen LogP contribution in [0.5, 0.6) is 5.75 Å². The molecule has 4 heteroatoms. The third kappa shape index (κ3) is 3.79. The molecule has 1 aromatic rings. The molecule has 1 amide bonds. The second kappa shape index (κ2) is 6.67. The van der Waals surface area contributed by atoms with Crippen LogP contribution in [0, 0.1) is 17.8 Å². The number of nitrogens with one attached hydrogen (secondary N) is 1. The highest BCUT2D eigenvalue weighted by Gasteiger charge is 2.10. The van der Waals surface area contributed by atoms with Gasteiger partial charge in [0, 0.05) is 11.5 Å². The van der Waals surface area contributed by atoms with Gasteiger partial charge in [-0.15, -0.1) is 0 Å². The van der Waals surface area contributed by atoms with Gasteiger partial charge in [0.1, 0.15) is 12.4 Å². The predicted molar refractivity (Wildman–Crippen MR) is 70.4 cm³/mol. The van der Waals surface area contributed by atoms with Gasteiger partial charge in [0.2, 0.25) is 5.91 Å². The number of carbonyl (C=O) groups is 1. The Balaban J connectivity index is 3.02. The summed E-state index contributed by atoms with van der Waals surface area (Å²) in [4.78, 5) is 11.7. The topological polar surface area (TPSA) is 58.6 Å². The Morgan fingerprint density at radius 2 is 2.22 bits per heavy atom. The summed E-state index contributed by atoms with van der Waals surface area (Å²) in [7, 11) is 1.54. The highest BCUT2D eigenvalue weighted by molar-refractivity contribution is 5.93. The van der Waals surface area contributed by atoms with Crippen molar-refractivity contribution in [1.29, 1.82) is 0 Å². The number of hydrogen-bond acceptors (Lipinski definition) is 3. The summed E-state index contributed by atoms with van der Waals surface area (Å²) < 4.78 is 5.17. The molecule has 0 heterocycles. The largest absolute Gasteiger partial charge is 0.495 e. The second-order valence-electron chi connectivity index (χ2n) is 4.02. The van der Waals surface area contributed by atoms with E-state index in [2.05, 4.69) is 17.2 Å². The first-order chi connectivity index (χ1) is 8.58. The van der Waals surface area contributed by atoms with Crippen molar-refractivity contribution >= 4 is 11.6 Å². The molecule has 0 saturated carbocycles. The van der Waals surface area contributed by atoms with E-state index in [0.717, 1.165) is 0 Å². The van der Waals surface area contributed by atoms with Gasteiger partial charge in [-0.3, -0.25) is 4.79 Å². The van der Waals surface area contributed by atoms with Crippen LogP contribution >= 0.6 is 0 Å². The first kappa shape index (κ1) is 14.1. The molecule has 1 aromatic carbocycles. The molecule has 18 heavy (non-hydrogen) atoms. The highest BCUT2D eigenvalue weighted by atomic mass is 16.5. The number of aliphatic hydroxyl groups excluding tert-OH is 1. The molecular formula is C14H17NO3. The van der Waals surface area contributed by atoms with Gasteiger partial charge in [-0.25, -0.2) is 0 Å². The zero-order valence-electron chi connectivity index (χ0n) is 10.8. The summed E-state index contributed by atoms with van der Waals surface area (Å²) in [6, 6.07) is 5.23. The van der Waals surface area contributed by atoms with E-state index in [0.29, 0.717) is 17.0 Å². The molecule has 1 rings (SSSR count). The van der Waals surface area contributed by atoms with Crippen LogP contribution in [0.25, 0.3) is 0 Å². The molecule has 0 aliphatic carbocycles. The van der Waals surface area contributed by atoms with E-state index in [9.17, 15) is 4.79 Å². The molecule has 0 radical (unpaired) electrons. The highest BCUT2D eigenvalue weighted by Crippen LogP contribution is 2.25. The molecule has 0 atom stereocenters. The molecular weight excluding hydrogens is 230 g/mol. The number of ether oxygens (including phenoxy) is 1. The zero-order chi connectivity index (χ0) is 13.5. The van der Waals surface area contributed by atoms with Crippen LogP contribution in [0.1, 0.15) is 19.4 Å². The molecule has 0 spiro atoms. The Morgan fingerprint density at radius 1 is 1.50 bits per heavy atom. The Bertz CT molecular complexity index is 484. The molecule has 0 saturated heterocycles.